The average Bonchev–Trinajstić information content (AvgIpc) is 2.49. The first-order valence-corrected chi connectivity index (χ1v) is 8.07. The third kappa shape index (κ3) is 3.73. The van der Waals surface area contributed by atoms with Gasteiger partial charge in [0.05, 0.1) is 5.56 Å². The zero-order valence-corrected chi connectivity index (χ0v) is 13.6. The predicted molar refractivity (Wildman–Crippen MR) is 86.3 cm³/mol. The minimum absolute atomic E-state index is 0.191. The largest absolute Gasteiger partial charge is 0.350 e. The number of rotatable bonds is 5. The number of aromatic nitrogens is 3. The summed E-state index contributed by atoms with van der Waals surface area (Å²) in [6.07, 6.45) is 3.53. The number of thioether (sulfide) groups is 1. The Morgan fingerprint density at radius 2 is 2.18 bits per heavy atom. The van der Waals surface area contributed by atoms with Crippen LogP contribution in [0.3, 0.4) is 0 Å². The van der Waals surface area contributed by atoms with E-state index in [2.05, 4.69) is 15.3 Å². The van der Waals surface area contributed by atoms with Gasteiger partial charge in [-0.1, -0.05) is 0 Å². The van der Waals surface area contributed by atoms with Gasteiger partial charge in [-0.2, -0.15) is 4.98 Å². The van der Waals surface area contributed by atoms with Crippen molar-refractivity contribution in [2.45, 2.75) is 25.4 Å². The molecule has 2 rings (SSSR count). The highest BCUT2D eigenvalue weighted by atomic mass is 32.2. The topological polar surface area (TPSA) is 76.9 Å². The van der Waals surface area contributed by atoms with Crippen LogP contribution in [0.15, 0.2) is 34.2 Å². The van der Waals surface area contributed by atoms with Crippen molar-refractivity contribution in [3.8, 4) is 0 Å². The molecule has 0 atom stereocenters. The number of aryl methyl sites for hydroxylation is 2. The third-order valence-corrected chi connectivity index (χ3v) is 3.89. The molecule has 116 valence electrons. The molecule has 0 saturated carbocycles. The second-order valence-corrected chi connectivity index (χ2v) is 5.58. The fraction of sp³-hybridized carbons (Fsp3) is 0.333. The van der Waals surface area contributed by atoms with Crippen LogP contribution in [0.2, 0.25) is 0 Å². The summed E-state index contributed by atoms with van der Waals surface area (Å²) in [6.45, 7) is 4.38. The lowest BCUT2D eigenvalue weighted by Gasteiger charge is -2.11. The number of nitrogens with one attached hydrogen (secondary N) is 1. The van der Waals surface area contributed by atoms with Crippen LogP contribution < -0.4 is 11.0 Å². The van der Waals surface area contributed by atoms with Crippen LogP contribution in [-0.2, 0) is 6.54 Å². The molecule has 1 amide bonds. The van der Waals surface area contributed by atoms with E-state index in [1.54, 1.807) is 29.8 Å². The molecule has 0 aliphatic heterocycles. The number of carbonyl (C=O) groups is 1. The minimum atomic E-state index is -0.294. The molecule has 1 N–H and O–H groups in total. The summed E-state index contributed by atoms with van der Waals surface area (Å²) in [5.74, 6) is -0.191. The lowest BCUT2D eigenvalue weighted by atomic mass is 10.2. The van der Waals surface area contributed by atoms with Crippen molar-refractivity contribution in [2.75, 3.05) is 12.8 Å². The summed E-state index contributed by atoms with van der Waals surface area (Å²) in [5.41, 5.74) is 1.78. The van der Waals surface area contributed by atoms with E-state index in [9.17, 15) is 9.59 Å². The van der Waals surface area contributed by atoms with Gasteiger partial charge in [0.25, 0.3) is 5.91 Å². The van der Waals surface area contributed by atoms with Crippen molar-refractivity contribution in [1.82, 2.24) is 19.9 Å². The quantitative estimate of drug-likeness (QED) is 0.844. The first-order chi connectivity index (χ1) is 10.5. The van der Waals surface area contributed by atoms with Crippen molar-refractivity contribution >= 4 is 17.7 Å². The van der Waals surface area contributed by atoms with Crippen LogP contribution >= 0.6 is 11.8 Å². The Hall–Kier alpha value is -2.15. The van der Waals surface area contributed by atoms with E-state index >= 15 is 0 Å². The molecular weight excluding hydrogens is 300 g/mol. The molecule has 0 aliphatic carbocycles. The normalized spacial score (nSPS) is 10.5. The van der Waals surface area contributed by atoms with Gasteiger partial charge < -0.3 is 5.32 Å². The highest BCUT2D eigenvalue weighted by Gasteiger charge is 2.11. The molecule has 0 saturated heterocycles. The van der Waals surface area contributed by atoms with Gasteiger partial charge in [-0.05, 0) is 38.3 Å². The first kappa shape index (κ1) is 16.2. The summed E-state index contributed by atoms with van der Waals surface area (Å²) in [5, 5.41) is 3.50. The number of amides is 1. The minimum Gasteiger partial charge on any atom is -0.350 e. The van der Waals surface area contributed by atoms with Crippen LogP contribution in [0.5, 0.6) is 0 Å². The number of hydrogen-bond donors (Lipinski definition) is 1. The molecule has 0 bridgehead atoms. The summed E-state index contributed by atoms with van der Waals surface area (Å²) in [6, 6.07) is 5.31. The second-order valence-electron chi connectivity index (χ2n) is 4.79. The van der Waals surface area contributed by atoms with Gasteiger partial charge in [0, 0.05) is 30.7 Å². The number of carbonyl (C=O) groups excluding carboxylic acids is 1. The molecule has 0 radical (unpaired) electrons. The van der Waals surface area contributed by atoms with E-state index in [1.807, 2.05) is 19.2 Å². The molecule has 2 aromatic rings. The van der Waals surface area contributed by atoms with Crippen molar-refractivity contribution in [1.29, 1.82) is 0 Å². The van der Waals surface area contributed by atoms with Gasteiger partial charge in [-0.15, -0.1) is 11.8 Å². The standard InChI is InChI=1S/C15H18N4O2S/c1-10-9-11(2)19(15(21)18-10)8-7-16-13(20)12-5-4-6-17-14(12)22-3/h4-6,9H,7-8H2,1-3H3,(H,16,20). The van der Waals surface area contributed by atoms with Gasteiger partial charge in [0.15, 0.2) is 0 Å². The Kier molecular flexibility index (Phi) is 5.32. The molecule has 0 unspecified atom stereocenters. The van der Waals surface area contributed by atoms with Gasteiger partial charge in [0.1, 0.15) is 5.03 Å². The van der Waals surface area contributed by atoms with E-state index in [-0.39, 0.29) is 11.6 Å². The van der Waals surface area contributed by atoms with Crippen molar-refractivity contribution in [3.63, 3.8) is 0 Å². The summed E-state index contributed by atoms with van der Waals surface area (Å²) in [7, 11) is 0. The molecule has 0 aliphatic rings. The average molecular weight is 318 g/mol. The van der Waals surface area contributed by atoms with Crippen LogP contribution in [0.25, 0.3) is 0 Å². The molecule has 0 aromatic carbocycles. The van der Waals surface area contributed by atoms with Crippen LogP contribution in [-0.4, -0.2) is 33.2 Å². The predicted octanol–water partition coefficient (Wildman–Crippen LogP) is 1.41. The van der Waals surface area contributed by atoms with Gasteiger partial charge >= 0.3 is 5.69 Å². The summed E-state index contributed by atoms with van der Waals surface area (Å²) >= 11 is 1.42. The molecular formula is C15H18N4O2S. The van der Waals surface area contributed by atoms with Gasteiger partial charge in [-0.3, -0.25) is 9.36 Å². The smallest absolute Gasteiger partial charge is 0.348 e. The van der Waals surface area contributed by atoms with Crippen LogP contribution in [0.1, 0.15) is 21.7 Å². The Morgan fingerprint density at radius 1 is 1.41 bits per heavy atom. The van der Waals surface area contributed by atoms with Crippen molar-refractivity contribution < 1.29 is 4.79 Å². The maximum Gasteiger partial charge on any atom is 0.348 e. The maximum absolute atomic E-state index is 12.2. The molecule has 22 heavy (non-hydrogen) atoms. The monoisotopic (exact) mass is 318 g/mol. The first-order valence-electron chi connectivity index (χ1n) is 6.85. The van der Waals surface area contributed by atoms with Crippen LogP contribution in [0.4, 0.5) is 0 Å². The lowest BCUT2D eigenvalue weighted by Crippen LogP contribution is -2.33. The van der Waals surface area contributed by atoms with Crippen LogP contribution in [0, 0.1) is 13.8 Å². The highest BCUT2D eigenvalue weighted by molar-refractivity contribution is 7.98. The number of hydrogen-bond acceptors (Lipinski definition) is 5. The van der Waals surface area contributed by atoms with Crippen molar-refractivity contribution in [2.24, 2.45) is 0 Å². The van der Waals surface area contributed by atoms with Gasteiger partial charge in [0.2, 0.25) is 0 Å². The number of pyridine rings is 1. The van der Waals surface area contributed by atoms with E-state index < -0.39 is 0 Å². The van der Waals surface area contributed by atoms with E-state index in [4.69, 9.17) is 0 Å². The Morgan fingerprint density at radius 3 is 2.86 bits per heavy atom. The zero-order valence-electron chi connectivity index (χ0n) is 12.8. The molecule has 0 spiro atoms. The van der Waals surface area contributed by atoms with E-state index in [0.717, 1.165) is 5.69 Å². The summed E-state index contributed by atoms with van der Waals surface area (Å²) < 4.78 is 1.55. The van der Waals surface area contributed by atoms with Crippen molar-refractivity contribution in [3.05, 3.63) is 51.8 Å². The van der Waals surface area contributed by atoms with Gasteiger partial charge in [-0.25, -0.2) is 9.78 Å². The van der Waals surface area contributed by atoms with E-state index in [0.29, 0.717) is 29.4 Å². The Balaban J connectivity index is 2.03. The molecule has 6 nitrogen and oxygen atoms in total. The Labute approximate surface area is 133 Å². The summed E-state index contributed by atoms with van der Waals surface area (Å²) in [4.78, 5) is 32.1. The number of nitrogens with zero attached hydrogens (tertiary/aromatic N) is 3. The molecule has 0 fully saturated rings. The molecule has 2 aromatic heterocycles. The lowest BCUT2D eigenvalue weighted by molar-refractivity contribution is 0.0948. The third-order valence-electron chi connectivity index (χ3n) is 3.18. The highest BCUT2D eigenvalue weighted by Crippen LogP contribution is 2.16. The molecule has 2 heterocycles. The Bertz CT molecular complexity index is 743. The fourth-order valence-corrected chi connectivity index (χ4v) is 2.70. The SMILES string of the molecule is CSc1ncccc1C(=O)NCCn1c(C)cc(C)nc1=O. The maximum atomic E-state index is 12.2. The van der Waals surface area contributed by atoms with E-state index in [1.165, 1.54) is 11.8 Å². The molecule has 7 heteroatoms. The second kappa shape index (κ2) is 7.22. The zero-order chi connectivity index (χ0) is 16.1. The fourth-order valence-electron chi connectivity index (χ4n) is 2.15.